The molecule has 2 aromatic heterocycles. The van der Waals surface area contributed by atoms with Gasteiger partial charge in [-0.15, -0.1) is 0 Å². The highest BCUT2D eigenvalue weighted by Crippen LogP contribution is 2.21. The number of carbonyl (C=O) groups is 2. The molecule has 0 aliphatic heterocycles. The number of fused-ring (bicyclic) bond motifs is 1. The first kappa shape index (κ1) is 22.0. The molecular weight excluding hydrogens is 400 g/mol. The van der Waals surface area contributed by atoms with Crippen LogP contribution in [0, 0.1) is 6.92 Å². The average Bonchev–Trinajstić information content (AvgIpc) is 3.26. The third-order valence-electron chi connectivity index (χ3n) is 4.84. The molecule has 0 atom stereocenters. The normalized spacial score (nSPS) is 12.1. The third kappa shape index (κ3) is 4.70. The van der Waals surface area contributed by atoms with Crippen molar-refractivity contribution in [2.75, 3.05) is 7.11 Å². The van der Waals surface area contributed by atoms with Crippen molar-refractivity contribution in [3.05, 3.63) is 46.0 Å². The smallest absolute Gasteiger partial charge is 0.325 e. The number of rotatable bonds is 7. The fraction of sp³-hybridized carbons (Fsp3) is 0.455. The van der Waals surface area contributed by atoms with Gasteiger partial charge < -0.3 is 9.30 Å². The number of thiazole rings is 1. The fourth-order valence-corrected chi connectivity index (χ4v) is 4.39. The van der Waals surface area contributed by atoms with Gasteiger partial charge in [0.15, 0.2) is 4.80 Å². The highest BCUT2D eigenvalue weighted by atomic mass is 32.1. The quantitative estimate of drug-likeness (QED) is 0.532. The van der Waals surface area contributed by atoms with Gasteiger partial charge in [-0.25, -0.2) is 0 Å². The molecule has 7 nitrogen and oxygen atoms in total. The average molecular weight is 429 g/mol. The first-order chi connectivity index (χ1) is 14.3. The van der Waals surface area contributed by atoms with E-state index in [0.717, 1.165) is 35.2 Å². The van der Waals surface area contributed by atoms with Gasteiger partial charge in [-0.05, 0) is 57.4 Å². The van der Waals surface area contributed by atoms with Crippen LogP contribution in [0.15, 0.2) is 29.3 Å². The second-order valence-corrected chi connectivity index (χ2v) is 8.59. The number of esters is 1. The molecule has 0 aliphatic carbocycles. The maximum Gasteiger partial charge on any atom is 0.325 e. The summed E-state index contributed by atoms with van der Waals surface area (Å²) in [5, 5.41) is 4.40. The Morgan fingerprint density at radius 3 is 2.70 bits per heavy atom. The number of amides is 1. The standard InChI is InChI=1S/C22H28N4O3S/c1-6-7-8-16-9-10-17-19(12-16)30-22(25(17)13-20(27)29-5)23-21(28)18-11-15(4)24-26(18)14(2)3/h9-12,14H,6-8,13H2,1-5H3. The SMILES string of the molecule is CCCCc1ccc2c(c1)sc(=NC(=O)c1cc(C)nn1C(C)C)n2CC(=O)OC. The molecule has 3 aromatic rings. The Morgan fingerprint density at radius 1 is 1.27 bits per heavy atom. The van der Waals surface area contributed by atoms with Gasteiger partial charge in [0.05, 0.1) is 23.0 Å². The summed E-state index contributed by atoms with van der Waals surface area (Å²) in [6, 6.07) is 7.97. The summed E-state index contributed by atoms with van der Waals surface area (Å²) in [4.78, 5) is 29.9. The molecule has 0 unspecified atom stereocenters. The van der Waals surface area contributed by atoms with E-state index < -0.39 is 0 Å². The fourth-order valence-electron chi connectivity index (χ4n) is 3.30. The van der Waals surface area contributed by atoms with Crippen molar-refractivity contribution < 1.29 is 14.3 Å². The molecule has 1 amide bonds. The second-order valence-electron chi connectivity index (χ2n) is 7.58. The van der Waals surface area contributed by atoms with E-state index in [-0.39, 0.29) is 24.5 Å². The van der Waals surface area contributed by atoms with Crippen LogP contribution in [0.5, 0.6) is 0 Å². The van der Waals surface area contributed by atoms with Gasteiger partial charge in [0.2, 0.25) is 0 Å². The van der Waals surface area contributed by atoms with Crippen LogP contribution in [0.4, 0.5) is 0 Å². The molecule has 30 heavy (non-hydrogen) atoms. The first-order valence-electron chi connectivity index (χ1n) is 10.2. The Morgan fingerprint density at radius 2 is 2.03 bits per heavy atom. The lowest BCUT2D eigenvalue weighted by Crippen LogP contribution is -2.23. The predicted octanol–water partition coefficient (Wildman–Crippen LogP) is 4.05. The molecule has 0 spiro atoms. The number of methoxy groups -OCH3 is 1. The summed E-state index contributed by atoms with van der Waals surface area (Å²) in [5.74, 6) is -0.762. The van der Waals surface area contributed by atoms with E-state index >= 15 is 0 Å². The molecule has 0 bridgehead atoms. The lowest BCUT2D eigenvalue weighted by atomic mass is 10.1. The van der Waals surface area contributed by atoms with E-state index in [1.807, 2.05) is 26.8 Å². The van der Waals surface area contributed by atoms with Crippen molar-refractivity contribution in [3.63, 3.8) is 0 Å². The molecule has 0 saturated carbocycles. The summed E-state index contributed by atoms with van der Waals surface area (Å²) in [6.45, 7) is 7.96. The molecule has 0 radical (unpaired) electrons. The van der Waals surface area contributed by atoms with Gasteiger partial charge in [0.25, 0.3) is 5.91 Å². The Labute approximate surface area is 180 Å². The number of unbranched alkanes of at least 4 members (excludes halogenated alkanes) is 1. The van der Waals surface area contributed by atoms with Crippen molar-refractivity contribution in [2.45, 2.75) is 59.5 Å². The highest BCUT2D eigenvalue weighted by Gasteiger charge is 2.17. The molecule has 2 heterocycles. The summed E-state index contributed by atoms with van der Waals surface area (Å²) in [7, 11) is 1.35. The largest absolute Gasteiger partial charge is 0.468 e. The van der Waals surface area contributed by atoms with E-state index in [2.05, 4.69) is 29.1 Å². The van der Waals surface area contributed by atoms with E-state index in [9.17, 15) is 9.59 Å². The number of hydrogen-bond donors (Lipinski definition) is 0. The van der Waals surface area contributed by atoms with E-state index in [1.54, 1.807) is 15.3 Å². The number of ether oxygens (including phenoxy) is 1. The van der Waals surface area contributed by atoms with E-state index in [4.69, 9.17) is 4.74 Å². The molecule has 0 aliphatic rings. The zero-order valence-corrected chi connectivity index (χ0v) is 19.0. The van der Waals surface area contributed by atoms with Gasteiger partial charge in [-0.2, -0.15) is 10.1 Å². The van der Waals surface area contributed by atoms with Gasteiger partial charge >= 0.3 is 5.97 Å². The topological polar surface area (TPSA) is 78.5 Å². The molecule has 3 rings (SSSR count). The number of hydrogen-bond acceptors (Lipinski definition) is 5. The number of benzene rings is 1. The maximum atomic E-state index is 13.0. The first-order valence-corrected chi connectivity index (χ1v) is 11.0. The predicted molar refractivity (Wildman–Crippen MR) is 118 cm³/mol. The van der Waals surface area contributed by atoms with E-state index in [0.29, 0.717) is 10.5 Å². The second kappa shape index (κ2) is 9.38. The molecule has 1 aromatic carbocycles. The lowest BCUT2D eigenvalue weighted by molar-refractivity contribution is -0.141. The summed E-state index contributed by atoms with van der Waals surface area (Å²) in [5.41, 5.74) is 3.31. The van der Waals surface area contributed by atoms with Gasteiger partial charge in [-0.1, -0.05) is 30.7 Å². The third-order valence-corrected chi connectivity index (χ3v) is 5.89. The van der Waals surface area contributed by atoms with Crippen molar-refractivity contribution in [2.24, 2.45) is 4.99 Å². The van der Waals surface area contributed by atoms with Crippen molar-refractivity contribution >= 4 is 33.4 Å². The van der Waals surface area contributed by atoms with Crippen LogP contribution in [0.25, 0.3) is 10.2 Å². The minimum atomic E-state index is -0.387. The zero-order valence-electron chi connectivity index (χ0n) is 18.1. The van der Waals surface area contributed by atoms with Crippen LogP contribution in [0.2, 0.25) is 0 Å². The summed E-state index contributed by atoms with van der Waals surface area (Å²) in [6.07, 6.45) is 3.25. The van der Waals surface area contributed by atoms with Gasteiger partial charge in [0, 0.05) is 6.04 Å². The number of aryl methyl sites for hydroxylation is 2. The summed E-state index contributed by atoms with van der Waals surface area (Å²) < 4.78 is 9.27. The summed E-state index contributed by atoms with van der Waals surface area (Å²) >= 11 is 1.41. The van der Waals surface area contributed by atoms with Crippen LogP contribution in [0.3, 0.4) is 0 Å². The van der Waals surface area contributed by atoms with Crippen LogP contribution < -0.4 is 4.80 Å². The zero-order chi connectivity index (χ0) is 21.8. The molecular formula is C22H28N4O3S. The van der Waals surface area contributed by atoms with Gasteiger partial charge in [0.1, 0.15) is 12.2 Å². The Balaban J connectivity index is 2.11. The van der Waals surface area contributed by atoms with Gasteiger partial charge in [-0.3, -0.25) is 14.3 Å². The number of carbonyl (C=O) groups excluding carboxylic acids is 2. The molecule has 0 saturated heterocycles. The van der Waals surface area contributed by atoms with E-state index in [1.165, 1.54) is 24.0 Å². The molecule has 160 valence electrons. The van der Waals surface area contributed by atoms with Crippen molar-refractivity contribution in [1.82, 2.24) is 14.3 Å². The minimum Gasteiger partial charge on any atom is -0.468 e. The molecule has 8 heteroatoms. The van der Waals surface area contributed by atoms with Crippen molar-refractivity contribution in [1.29, 1.82) is 0 Å². The van der Waals surface area contributed by atoms with Crippen LogP contribution in [0.1, 0.15) is 61.4 Å². The number of nitrogens with zero attached hydrogens (tertiary/aromatic N) is 4. The maximum absolute atomic E-state index is 13.0. The number of aromatic nitrogens is 3. The minimum absolute atomic E-state index is 0.000605. The Hall–Kier alpha value is -2.74. The monoisotopic (exact) mass is 428 g/mol. The Kier molecular flexibility index (Phi) is 6.87. The molecule has 0 N–H and O–H groups in total. The van der Waals surface area contributed by atoms with Crippen molar-refractivity contribution in [3.8, 4) is 0 Å². The highest BCUT2D eigenvalue weighted by molar-refractivity contribution is 7.16. The van der Waals surface area contributed by atoms with Crippen LogP contribution in [-0.2, 0) is 22.5 Å². The lowest BCUT2D eigenvalue weighted by Gasteiger charge is -2.08. The van der Waals surface area contributed by atoms with Crippen LogP contribution in [-0.4, -0.2) is 33.3 Å². The Bertz CT molecular complexity index is 1140. The molecule has 0 fully saturated rings. The van der Waals surface area contributed by atoms with Crippen LogP contribution >= 0.6 is 11.3 Å².